The van der Waals surface area contributed by atoms with Crippen molar-refractivity contribution < 1.29 is 18.6 Å². The van der Waals surface area contributed by atoms with Gasteiger partial charge in [-0.15, -0.1) is 24.0 Å². The van der Waals surface area contributed by atoms with E-state index in [-0.39, 0.29) is 35.9 Å². The lowest BCUT2D eigenvalue weighted by Gasteiger charge is -2.17. The Balaban J connectivity index is 0.00000450. The second-order valence-electron chi connectivity index (χ2n) is 6.31. The van der Waals surface area contributed by atoms with E-state index in [0.717, 1.165) is 12.1 Å². The molecule has 0 amide bonds. The van der Waals surface area contributed by atoms with E-state index < -0.39 is 0 Å². The number of aromatic nitrogens is 1. The van der Waals surface area contributed by atoms with Gasteiger partial charge in [0.2, 0.25) is 5.88 Å². The number of methoxy groups -OCH3 is 1. The van der Waals surface area contributed by atoms with E-state index in [4.69, 9.17) is 14.2 Å². The number of ether oxygens (including phenoxy) is 3. The van der Waals surface area contributed by atoms with Crippen LogP contribution in [0.4, 0.5) is 4.39 Å². The highest BCUT2D eigenvalue weighted by Crippen LogP contribution is 2.13. The van der Waals surface area contributed by atoms with Crippen LogP contribution in [-0.2, 0) is 11.3 Å². The molecule has 7 nitrogen and oxygen atoms in total. The Morgan fingerprint density at radius 1 is 1.20 bits per heavy atom. The predicted molar refractivity (Wildman–Crippen MR) is 126 cm³/mol. The molecule has 2 N–H and O–H groups in total. The van der Waals surface area contributed by atoms with Crippen LogP contribution in [-0.4, -0.2) is 50.5 Å². The van der Waals surface area contributed by atoms with Crippen molar-refractivity contribution in [3.05, 3.63) is 54.0 Å². The average Bonchev–Trinajstić information content (AvgIpc) is 2.71. The number of benzene rings is 1. The van der Waals surface area contributed by atoms with Crippen molar-refractivity contribution >= 4 is 29.9 Å². The Morgan fingerprint density at radius 2 is 2.03 bits per heavy atom. The SMILES string of the molecule is CCNC(=NCc1ccc(OCCOC)nc1)NCC(C)Oc1cccc(F)c1.I. The quantitative estimate of drug-likeness (QED) is 0.200. The largest absolute Gasteiger partial charge is 0.489 e. The first-order valence-corrected chi connectivity index (χ1v) is 9.61. The molecular weight excluding hydrogens is 502 g/mol. The number of rotatable bonds is 11. The minimum atomic E-state index is -0.318. The topological polar surface area (TPSA) is 77.0 Å². The molecule has 2 aromatic rings. The summed E-state index contributed by atoms with van der Waals surface area (Å²) >= 11 is 0. The molecule has 0 aliphatic rings. The summed E-state index contributed by atoms with van der Waals surface area (Å²) in [5.74, 6) is 1.41. The first-order chi connectivity index (χ1) is 14.1. The molecule has 0 fully saturated rings. The molecule has 1 unspecified atom stereocenters. The Hall–Kier alpha value is -2.14. The predicted octanol–water partition coefficient (Wildman–Crippen LogP) is 3.39. The van der Waals surface area contributed by atoms with Crippen molar-refractivity contribution in [2.24, 2.45) is 4.99 Å². The van der Waals surface area contributed by atoms with Crippen LogP contribution in [0, 0.1) is 5.82 Å². The molecule has 0 spiro atoms. The average molecular weight is 532 g/mol. The van der Waals surface area contributed by atoms with Gasteiger partial charge in [0.05, 0.1) is 19.7 Å². The standard InChI is InChI=1S/C21H29FN4O3.HI/c1-4-23-21(25-13-16(2)29-19-7-5-6-18(22)12-19)26-15-17-8-9-20(24-14-17)28-11-10-27-3;/h5-9,12,14,16H,4,10-11,13,15H2,1-3H3,(H2,23,25,26);1H. The van der Waals surface area contributed by atoms with Gasteiger partial charge in [-0.05, 0) is 31.5 Å². The third-order valence-corrected chi connectivity index (χ3v) is 3.79. The van der Waals surface area contributed by atoms with Gasteiger partial charge in [0, 0.05) is 32.0 Å². The van der Waals surface area contributed by atoms with E-state index >= 15 is 0 Å². The summed E-state index contributed by atoms with van der Waals surface area (Å²) in [6.07, 6.45) is 1.58. The number of halogens is 2. The third-order valence-electron chi connectivity index (χ3n) is 3.79. The maximum Gasteiger partial charge on any atom is 0.213 e. The van der Waals surface area contributed by atoms with Crippen LogP contribution in [0.3, 0.4) is 0 Å². The van der Waals surface area contributed by atoms with Gasteiger partial charge >= 0.3 is 0 Å². The summed E-state index contributed by atoms with van der Waals surface area (Å²) in [5.41, 5.74) is 0.963. The van der Waals surface area contributed by atoms with Crippen LogP contribution < -0.4 is 20.1 Å². The fraction of sp³-hybridized carbons (Fsp3) is 0.429. The number of guanidine groups is 1. The molecule has 30 heavy (non-hydrogen) atoms. The lowest BCUT2D eigenvalue weighted by molar-refractivity contribution is 0.143. The first kappa shape index (κ1) is 25.9. The number of hydrogen-bond acceptors (Lipinski definition) is 5. The van der Waals surface area contributed by atoms with Crippen LogP contribution in [0.2, 0.25) is 0 Å². The summed E-state index contributed by atoms with van der Waals surface area (Å²) in [4.78, 5) is 8.82. The Labute approximate surface area is 194 Å². The Morgan fingerprint density at radius 3 is 2.70 bits per heavy atom. The highest BCUT2D eigenvalue weighted by atomic mass is 127. The van der Waals surface area contributed by atoms with Gasteiger partial charge in [-0.2, -0.15) is 0 Å². The smallest absolute Gasteiger partial charge is 0.213 e. The highest BCUT2D eigenvalue weighted by Gasteiger charge is 2.07. The molecule has 0 aliphatic carbocycles. The van der Waals surface area contributed by atoms with Crippen molar-refractivity contribution in [1.29, 1.82) is 0 Å². The molecule has 0 bridgehead atoms. The molecule has 9 heteroatoms. The zero-order valence-corrected chi connectivity index (χ0v) is 19.9. The van der Waals surface area contributed by atoms with E-state index in [1.165, 1.54) is 12.1 Å². The van der Waals surface area contributed by atoms with E-state index in [0.29, 0.717) is 43.9 Å². The normalized spacial score (nSPS) is 11.9. The van der Waals surface area contributed by atoms with Crippen molar-refractivity contribution in [2.75, 3.05) is 33.4 Å². The second-order valence-corrected chi connectivity index (χ2v) is 6.31. The zero-order chi connectivity index (χ0) is 20.9. The number of nitrogens with zero attached hydrogens (tertiary/aromatic N) is 2. The third kappa shape index (κ3) is 10.1. The molecule has 0 saturated carbocycles. The summed E-state index contributed by atoms with van der Waals surface area (Å²) < 4.78 is 29.4. The fourth-order valence-corrected chi connectivity index (χ4v) is 2.39. The maximum atomic E-state index is 13.3. The van der Waals surface area contributed by atoms with Gasteiger partial charge in [0.15, 0.2) is 5.96 Å². The minimum absolute atomic E-state index is 0. The number of pyridine rings is 1. The molecule has 2 rings (SSSR count). The number of aliphatic imine (C=N–C) groups is 1. The lowest BCUT2D eigenvalue weighted by Crippen LogP contribution is -2.41. The fourth-order valence-electron chi connectivity index (χ4n) is 2.39. The summed E-state index contributed by atoms with van der Waals surface area (Å²) in [6.45, 7) is 6.62. The molecule has 0 aliphatic heterocycles. The summed E-state index contributed by atoms with van der Waals surface area (Å²) in [7, 11) is 1.63. The molecule has 1 aromatic heterocycles. The molecule has 1 atom stereocenters. The van der Waals surface area contributed by atoms with Crippen molar-refractivity contribution in [3.8, 4) is 11.6 Å². The zero-order valence-electron chi connectivity index (χ0n) is 17.6. The van der Waals surface area contributed by atoms with Crippen LogP contribution in [0.1, 0.15) is 19.4 Å². The first-order valence-electron chi connectivity index (χ1n) is 9.61. The molecule has 1 aromatic carbocycles. The van der Waals surface area contributed by atoms with E-state index in [1.54, 1.807) is 25.4 Å². The van der Waals surface area contributed by atoms with E-state index in [9.17, 15) is 4.39 Å². The molecule has 0 saturated heterocycles. The van der Waals surface area contributed by atoms with Crippen LogP contribution in [0.5, 0.6) is 11.6 Å². The molecule has 1 heterocycles. The number of nitrogens with one attached hydrogen (secondary N) is 2. The molecule has 166 valence electrons. The van der Waals surface area contributed by atoms with E-state index in [1.807, 2.05) is 26.0 Å². The molecular formula is C21H30FIN4O3. The minimum Gasteiger partial charge on any atom is -0.489 e. The van der Waals surface area contributed by atoms with Crippen molar-refractivity contribution in [2.45, 2.75) is 26.5 Å². The van der Waals surface area contributed by atoms with Crippen LogP contribution >= 0.6 is 24.0 Å². The summed E-state index contributed by atoms with van der Waals surface area (Å²) in [6, 6.07) is 9.85. The second kappa shape index (κ2) is 14.8. The van der Waals surface area contributed by atoms with Gasteiger partial charge in [0.1, 0.15) is 24.3 Å². The lowest BCUT2D eigenvalue weighted by atomic mass is 10.3. The Bertz CT molecular complexity index is 762. The van der Waals surface area contributed by atoms with Crippen molar-refractivity contribution in [3.63, 3.8) is 0 Å². The van der Waals surface area contributed by atoms with Gasteiger partial charge in [-0.1, -0.05) is 12.1 Å². The van der Waals surface area contributed by atoms with Crippen LogP contribution in [0.25, 0.3) is 0 Å². The van der Waals surface area contributed by atoms with Gasteiger partial charge < -0.3 is 24.8 Å². The Kier molecular flexibility index (Phi) is 12.8. The maximum absolute atomic E-state index is 13.3. The highest BCUT2D eigenvalue weighted by molar-refractivity contribution is 14.0. The van der Waals surface area contributed by atoms with E-state index in [2.05, 4.69) is 20.6 Å². The van der Waals surface area contributed by atoms with Crippen LogP contribution in [0.15, 0.2) is 47.6 Å². The van der Waals surface area contributed by atoms with Gasteiger partial charge in [0.25, 0.3) is 0 Å². The number of hydrogen-bond donors (Lipinski definition) is 2. The monoisotopic (exact) mass is 532 g/mol. The molecule has 0 radical (unpaired) electrons. The van der Waals surface area contributed by atoms with Crippen molar-refractivity contribution in [1.82, 2.24) is 15.6 Å². The van der Waals surface area contributed by atoms with Gasteiger partial charge in [-0.3, -0.25) is 0 Å². The van der Waals surface area contributed by atoms with Gasteiger partial charge in [-0.25, -0.2) is 14.4 Å². The summed E-state index contributed by atoms with van der Waals surface area (Å²) in [5, 5.41) is 6.42.